The maximum atomic E-state index is 11.9. The summed E-state index contributed by atoms with van der Waals surface area (Å²) in [6.45, 7) is 6.87. The smallest absolute Gasteiger partial charge is 0.220 e. The lowest BCUT2D eigenvalue weighted by Crippen LogP contribution is -2.23. The Hall–Kier alpha value is -1.62. The third kappa shape index (κ3) is 4.17. The van der Waals surface area contributed by atoms with E-state index in [-0.39, 0.29) is 5.91 Å². The van der Waals surface area contributed by atoms with Crippen molar-refractivity contribution in [3.05, 3.63) is 39.6 Å². The number of aromatic nitrogens is 2. The fraction of sp³-hybridized carbons (Fsp3) is 0.500. The van der Waals surface area contributed by atoms with Gasteiger partial charge in [-0.2, -0.15) is 0 Å². The predicted molar refractivity (Wildman–Crippen MR) is 86.5 cm³/mol. The van der Waals surface area contributed by atoms with Crippen LogP contribution in [0.3, 0.4) is 0 Å². The molecule has 0 saturated carbocycles. The number of hydrogen-bond donors (Lipinski definition) is 1. The molecule has 2 aromatic heterocycles. The summed E-state index contributed by atoms with van der Waals surface area (Å²) >= 11 is 1.70. The molecule has 0 aliphatic rings. The molecular formula is C16H23N3OS. The Morgan fingerprint density at radius 2 is 2.24 bits per heavy atom. The van der Waals surface area contributed by atoms with E-state index >= 15 is 0 Å². The molecule has 1 amide bonds. The van der Waals surface area contributed by atoms with Gasteiger partial charge in [-0.1, -0.05) is 13.8 Å². The van der Waals surface area contributed by atoms with Crippen LogP contribution in [0, 0.1) is 6.92 Å². The van der Waals surface area contributed by atoms with Gasteiger partial charge in [0.1, 0.15) is 0 Å². The summed E-state index contributed by atoms with van der Waals surface area (Å²) in [7, 11) is 2.00. The summed E-state index contributed by atoms with van der Waals surface area (Å²) in [5, 5.41) is 4.14. The second kappa shape index (κ2) is 6.89. The van der Waals surface area contributed by atoms with Crippen molar-refractivity contribution in [1.82, 2.24) is 14.9 Å². The SMILES string of the molecule is Cc1nc(C(C)C)sc1CNC(=O)CCc1cccn1C. The van der Waals surface area contributed by atoms with Gasteiger partial charge in [0.25, 0.3) is 0 Å². The number of hydrogen-bond acceptors (Lipinski definition) is 3. The molecule has 0 unspecified atom stereocenters. The van der Waals surface area contributed by atoms with E-state index in [0.717, 1.165) is 22.0 Å². The molecule has 0 fully saturated rings. The molecule has 1 N–H and O–H groups in total. The van der Waals surface area contributed by atoms with Gasteiger partial charge in [-0.3, -0.25) is 4.79 Å². The molecule has 0 aromatic carbocycles. The van der Waals surface area contributed by atoms with Crippen LogP contribution in [-0.4, -0.2) is 15.5 Å². The lowest BCUT2D eigenvalue weighted by Gasteiger charge is -2.05. The van der Waals surface area contributed by atoms with Gasteiger partial charge in [-0.15, -0.1) is 11.3 Å². The van der Waals surface area contributed by atoms with Gasteiger partial charge in [-0.25, -0.2) is 4.98 Å². The normalized spacial score (nSPS) is 11.1. The first-order chi connectivity index (χ1) is 9.97. The number of thiazole rings is 1. The maximum Gasteiger partial charge on any atom is 0.220 e. The first-order valence-corrected chi connectivity index (χ1v) is 8.12. The Kier molecular flexibility index (Phi) is 5.17. The van der Waals surface area contributed by atoms with Crippen LogP contribution >= 0.6 is 11.3 Å². The summed E-state index contributed by atoms with van der Waals surface area (Å²) < 4.78 is 2.05. The zero-order chi connectivity index (χ0) is 15.4. The zero-order valence-electron chi connectivity index (χ0n) is 13.1. The molecule has 2 rings (SSSR count). The number of carbonyl (C=O) groups is 1. The fourth-order valence-electron chi connectivity index (χ4n) is 2.13. The van der Waals surface area contributed by atoms with Crippen LogP contribution in [0.25, 0.3) is 0 Å². The summed E-state index contributed by atoms with van der Waals surface area (Å²) in [4.78, 5) is 17.6. The van der Waals surface area contributed by atoms with Crippen LogP contribution in [-0.2, 0) is 24.8 Å². The van der Waals surface area contributed by atoms with E-state index < -0.39 is 0 Å². The number of carbonyl (C=O) groups excluding carboxylic acids is 1. The minimum atomic E-state index is 0.0927. The molecule has 114 valence electrons. The van der Waals surface area contributed by atoms with Crippen molar-refractivity contribution in [2.45, 2.75) is 46.1 Å². The van der Waals surface area contributed by atoms with Crippen molar-refractivity contribution >= 4 is 17.2 Å². The monoisotopic (exact) mass is 305 g/mol. The number of nitrogens with zero attached hydrogens (tertiary/aromatic N) is 2. The van der Waals surface area contributed by atoms with Gasteiger partial charge in [0.2, 0.25) is 5.91 Å². The lowest BCUT2D eigenvalue weighted by molar-refractivity contribution is -0.121. The van der Waals surface area contributed by atoms with Crippen LogP contribution in [0.15, 0.2) is 18.3 Å². The molecule has 0 spiro atoms. The highest BCUT2D eigenvalue weighted by atomic mass is 32.1. The standard InChI is InChI=1S/C16H23N3OS/c1-11(2)16-18-12(3)14(21-16)10-17-15(20)8-7-13-6-5-9-19(13)4/h5-6,9,11H,7-8,10H2,1-4H3,(H,17,20). The van der Waals surface area contributed by atoms with Crippen LogP contribution < -0.4 is 5.32 Å². The van der Waals surface area contributed by atoms with Crippen molar-refractivity contribution < 1.29 is 4.79 Å². The molecule has 2 aromatic rings. The second-order valence-electron chi connectivity index (χ2n) is 5.60. The average molecular weight is 305 g/mol. The van der Waals surface area contributed by atoms with E-state index in [1.54, 1.807) is 11.3 Å². The topological polar surface area (TPSA) is 46.9 Å². The quantitative estimate of drug-likeness (QED) is 0.891. The number of aryl methyl sites for hydroxylation is 3. The largest absolute Gasteiger partial charge is 0.354 e. The molecule has 0 aliphatic carbocycles. The second-order valence-corrected chi connectivity index (χ2v) is 6.72. The number of amides is 1. The Bertz CT molecular complexity index is 613. The Balaban J connectivity index is 1.82. The van der Waals surface area contributed by atoms with E-state index in [1.807, 2.05) is 26.2 Å². The van der Waals surface area contributed by atoms with E-state index in [9.17, 15) is 4.79 Å². The van der Waals surface area contributed by atoms with Crippen molar-refractivity contribution in [2.24, 2.45) is 7.05 Å². The molecule has 5 heteroatoms. The Labute approximate surface area is 130 Å². The lowest BCUT2D eigenvalue weighted by atomic mass is 10.2. The van der Waals surface area contributed by atoms with Crippen molar-refractivity contribution in [1.29, 1.82) is 0 Å². The van der Waals surface area contributed by atoms with Crippen LogP contribution in [0.2, 0.25) is 0 Å². The molecule has 0 atom stereocenters. The van der Waals surface area contributed by atoms with Gasteiger partial charge in [0.05, 0.1) is 17.2 Å². The highest BCUT2D eigenvalue weighted by Gasteiger charge is 2.11. The molecule has 21 heavy (non-hydrogen) atoms. The molecule has 4 nitrogen and oxygen atoms in total. The van der Waals surface area contributed by atoms with E-state index in [4.69, 9.17) is 0 Å². The van der Waals surface area contributed by atoms with Crippen molar-refractivity contribution in [3.63, 3.8) is 0 Å². The maximum absolute atomic E-state index is 11.9. The number of nitrogens with one attached hydrogen (secondary N) is 1. The van der Waals surface area contributed by atoms with Crippen molar-refractivity contribution in [3.8, 4) is 0 Å². The molecule has 0 bridgehead atoms. The predicted octanol–water partition coefficient (Wildman–Crippen LogP) is 3.16. The van der Waals surface area contributed by atoms with Crippen LogP contribution in [0.1, 0.15) is 47.5 Å². The van der Waals surface area contributed by atoms with Gasteiger partial charge in [0, 0.05) is 36.2 Å². The van der Waals surface area contributed by atoms with E-state index in [0.29, 0.717) is 18.9 Å². The minimum Gasteiger partial charge on any atom is -0.354 e. The fourth-order valence-corrected chi connectivity index (χ4v) is 3.13. The summed E-state index contributed by atoms with van der Waals surface area (Å²) in [5.41, 5.74) is 2.22. The number of rotatable bonds is 6. The molecule has 2 heterocycles. The van der Waals surface area contributed by atoms with E-state index in [1.165, 1.54) is 5.69 Å². The molecule has 0 saturated heterocycles. The van der Waals surface area contributed by atoms with Crippen LogP contribution in [0.5, 0.6) is 0 Å². The minimum absolute atomic E-state index is 0.0927. The third-order valence-corrected chi connectivity index (χ3v) is 4.97. The highest BCUT2D eigenvalue weighted by Crippen LogP contribution is 2.24. The van der Waals surface area contributed by atoms with Gasteiger partial charge in [0.15, 0.2) is 0 Å². The first kappa shape index (κ1) is 15.8. The summed E-state index contributed by atoms with van der Waals surface area (Å²) in [5.74, 6) is 0.533. The first-order valence-electron chi connectivity index (χ1n) is 7.30. The Morgan fingerprint density at radius 3 is 2.81 bits per heavy atom. The molecule has 0 aliphatic heterocycles. The Morgan fingerprint density at radius 1 is 1.48 bits per heavy atom. The summed E-state index contributed by atoms with van der Waals surface area (Å²) in [6, 6.07) is 4.05. The van der Waals surface area contributed by atoms with Crippen LogP contribution in [0.4, 0.5) is 0 Å². The van der Waals surface area contributed by atoms with Gasteiger partial charge in [-0.05, 0) is 25.5 Å². The third-order valence-electron chi connectivity index (χ3n) is 3.51. The zero-order valence-corrected chi connectivity index (χ0v) is 14.0. The highest BCUT2D eigenvalue weighted by molar-refractivity contribution is 7.11. The molecule has 0 radical (unpaired) electrons. The van der Waals surface area contributed by atoms with Gasteiger partial charge >= 0.3 is 0 Å². The molecular weight excluding hydrogens is 282 g/mol. The van der Waals surface area contributed by atoms with E-state index in [2.05, 4.69) is 34.8 Å². The van der Waals surface area contributed by atoms with Gasteiger partial charge < -0.3 is 9.88 Å². The summed E-state index contributed by atoms with van der Waals surface area (Å²) in [6.07, 6.45) is 3.29. The van der Waals surface area contributed by atoms with Crippen molar-refractivity contribution in [2.75, 3.05) is 0 Å². The average Bonchev–Trinajstić information content (AvgIpc) is 3.00.